The maximum Gasteiger partial charge on any atom is 0.193 e. The van der Waals surface area contributed by atoms with Crippen LogP contribution in [-0.4, -0.2) is 55.2 Å². The molecule has 23 heavy (non-hydrogen) atoms. The van der Waals surface area contributed by atoms with E-state index in [1.165, 1.54) is 11.1 Å². The van der Waals surface area contributed by atoms with E-state index in [9.17, 15) is 0 Å². The highest BCUT2D eigenvalue weighted by molar-refractivity contribution is 7.99. The van der Waals surface area contributed by atoms with Gasteiger partial charge in [-0.15, -0.1) is 0 Å². The van der Waals surface area contributed by atoms with Crippen LogP contribution in [-0.2, 0) is 4.74 Å². The van der Waals surface area contributed by atoms with Crippen LogP contribution in [0.4, 0.5) is 0 Å². The molecule has 1 atom stereocenters. The first-order valence-electron chi connectivity index (χ1n) is 8.15. The molecule has 0 spiro atoms. The summed E-state index contributed by atoms with van der Waals surface area (Å²) in [7, 11) is 1.85. The van der Waals surface area contributed by atoms with E-state index in [0.717, 1.165) is 32.2 Å². The monoisotopic (exact) mass is 335 g/mol. The molecule has 0 aromatic heterocycles. The van der Waals surface area contributed by atoms with Crippen LogP contribution in [0.25, 0.3) is 0 Å². The van der Waals surface area contributed by atoms with Crippen molar-refractivity contribution in [1.82, 2.24) is 10.2 Å². The van der Waals surface area contributed by atoms with Crippen LogP contribution in [0.3, 0.4) is 0 Å². The lowest BCUT2D eigenvalue weighted by Crippen LogP contribution is -2.50. The van der Waals surface area contributed by atoms with Crippen LogP contribution >= 0.6 is 11.8 Å². The number of hydrogen-bond donors (Lipinski definition) is 1. The summed E-state index contributed by atoms with van der Waals surface area (Å²) in [6.45, 7) is 9.97. The average molecular weight is 336 g/mol. The number of aliphatic imine (C=N–C) groups is 1. The van der Waals surface area contributed by atoms with Gasteiger partial charge < -0.3 is 15.0 Å². The predicted molar refractivity (Wildman–Crippen MR) is 100 cm³/mol. The molecule has 4 nitrogen and oxygen atoms in total. The fraction of sp³-hybridized carbons (Fsp3) is 0.611. The van der Waals surface area contributed by atoms with E-state index < -0.39 is 0 Å². The van der Waals surface area contributed by atoms with Crippen LogP contribution in [0.1, 0.15) is 31.1 Å². The zero-order valence-corrected chi connectivity index (χ0v) is 15.7. The SMILES string of the molecule is CN=C(NCC(C)(C)SC)N1CCOC(c2ccccc2C)C1. The highest BCUT2D eigenvalue weighted by atomic mass is 32.2. The number of rotatable bonds is 4. The van der Waals surface area contributed by atoms with Crippen molar-refractivity contribution >= 4 is 17.7 Å². The molecule has 128 valence electrons. The summed E-state index contributed by atoms with van der Waals surface area (Å²) in [5.41, 5.74) is 2.56. The van der Waals surface area contributed by atoms with Gasteiger partial charge in [-0.1, -0.05) is 24.3 Å². The highest BCUT2D eigenvalue weighted by Crippen LogP contribution is 2.25. The normalized spacial score (nSPS) is 19.8. The predicted octanol–water partition coefficient (Wildman–Crippen LogP) is 3.09. The molecule has 1 aromatic carbocycles. The van der Waals surface area contributed by atoms with E-state index in [1.807, 2.05) is 18.8 Å². The second-order valence-electron chi connectivity index (χ2n) is 6.53. The van der Waals surface area contributed by atoms with Crippen LogP contribution in [0.2, 0.25) is 0 Å². The lowest BCUT2D eigenvalue weighted by atomic mass is 10.0. The van der Waals surface area contributed by atoms with Gasteiger partial charge in [0.1, 0.15) is 6.10 Å². The van der Waals surface area contributed by atoms with Crippen molar-refractivity contribution < 1.29 is 4.74 Å². The zero-order valence-electron chi connectivity index (χ0n) is 14.9. The Balaban J connectivity index is 2.03. The maximum atomic E-state index is 6.01. The molecule has 1 heterocycles. The number of guanidine groups is 1. The Labute approximate surface area is 144 Å². The van der Waals surface area contributed by atoms with Crippen molar-refractivity contribution in [3.8, 4) is 0 Å². The van der Waals surface area contributed by atoms with Gasteiger partial charge in [0.2, 0.25) is 0 Å². The van der Waals surface area contributed by atoms with Gasteiger partial charge in [0.15, 0.2) is 5.96 Å². The summed E-state index contributed by atoms with van der Waals surface area (Å²) in [6.07, 6.45) is 2.25. The van der Waals surface area contributed by atoms with Crippen molar-refractivity contribution in [3.63, 3.8) is 0 Å². The number of morpholine rings is 1. The van der Waals surface area contributed by atoms with Gasteiger partial charge in [0.05, 0.1) is 13.2 Å². The van der Waals surface area contributed by atoms with Crippen LogP contribution in [0.15, 0.2) is 29.3 Å². The first-order chi connectivity index (χ1) is 11.0. The molecule has 1 saturated heterocycles. The summed E-state index contributed by atoms with van der Waals surface area (Å²) in [5.74, 6) is 0.967. The van der Waals surface area contributed by atoms with Crippen molar-refractivity contribution in [3.05, 3.63) is 35.4 Å². The molecule has 1 fully saturated rings. The average Bonchev–Trinajstić information content (AvgIpc) is 2.56. The van der Waals surface area contributed by atoms with Crippen LogP contribution < -0.4 is 5.32 Å². The molecular formula is C18H29N3OS. The minimum Gasteiger partial charge on any atom is -0.370 e. The van der Waals surface area contributed by atoms with Gasteiger partial charge >= 0.3 is 0 Å². The summed E-state index contributed by atoms with van der Waals surface area (Å²) >= 11 is 1.86. The van der Waals surface area contributed by atoms with Gasteiger partial charge in [-0.3, -0.25) is 4.99 Å². The topological polar surface area (TPSA) is 36.9 Å². The zero-order chi connectivity index (χ0) is 16.9. The molecule has 1 aromatic rings. The molecule has 5 heteroatoms. The third-order valence-electron chi connectivity index (χ3n) is 4.34. The van der Waals surface area contributed by atoms with Crippen molar-refractivity contribution in [1.29, 1.82) is 0 Å². The summed E-state index contributed by atoms with van der Waals surface area (Å²) in [5, 5.41) is 3.52. The van der Waals surface area contributed by atoms with Crippen LogP contribution in [0, 0.1) is 6.92 Å². The third kappa shape index (κ3) is 4.88. The molecular weight excluding hydrogens is 306 g/mol. The standard InChI is InChI=1S/C18H29N3OS/c1-14-8-6-7-9-15(14)16-12-21(10-11-22-16)17(19-4)20-13-18(2,3)23-5/h6-9,16H,10-13H2,1-5H3,(H,19,20). The second kappa shape index (κ2) is 8.06. The van der Waals surface area contributed by atoms with E-state index in [-0.39, 0.29) is 10.9 Å². The van der Waals surface area contributed by atoms with E-state index in [4.69, 9.17) is 4.74 Å². The molecule has 0 aliphatic carbocycles. The molecule has 1 N–H and O–H groups in total. The van der Waals surface area contributed by atoms with E-state index >= 15 is 0 Å². The number of hydrogen-bond acceptors (Lipinski definition) is 3. The Kier molecular flexibility index (Phi) is 6.36. The lowest BCUT2D eigenvalue weighted by molar-refractivity contribution is -0.00832. The molecule has 0 radical (unpaired) electrons. The Morgan fingerprint density at radius 3 is 2.83 bits per heavy atom. The summed E-state index contributed by atoms with van der Waals surface area (Å²) < 4.78 is 6.20. The first kappa shape index (κ1) is 18.1. The molecule has 0 bridgehead atoms. The maximum absolute atomic E-state index is 6.01. The van der Waals surface area contributed by atoms with E-state index in [1.54, 1.807) is 0 Å². The van der Waals surface area contributed by atoms with Gasteiger partial charge in [-0.25, -0.2) is 0 Å². The number of nitrogens with zero attached hydrogens (tertiary/aromatic N) is 2. The molecule has 0 saturated carbocycles. The van der Waals surface area contributed by atoms with Crippen molar-refractivity contribution in [2.45, 2.75) is 31.6 Å². The van der Waals surface area contributed by atoms with E-state index in [0.29, 0.717) is 0 Å². The quantitative estimate of drug-likeness (QED) is 0.678. The minimum atomic E-state index is 0.108. The number of thioether (sulfide) groups is 1. The number of benzene rings is 1. The van der Waals surface area contributed by atoms with Crippen LogP contribution in [0.5, 0.6) is 0 Å². The van der Waals surface area contributed by atoms with Crippen molar-refractivity contribution in [2.24, 2.45) is 4.99 Å². The van der Waals surface area contributed by atoms with Gasteiger partial charge in [0, 0.05) is 24.9 Å². The van der Waals surface area contributed by atoms with Crippen molar-refractivity contribution in [2.75, 3.05) is 39.5 Å². The first-order valence-corrected chi connectivity index (χ1v) is 9.37. The van der Waals surface area contributed by atoms with Gasteiger partial charge in [-0.2, -0.15) is 11.8 Å². The smallest absolute Gasteiger partial charge is 0.193 e. The Morgan fingerprint density at radius 1 is 1.43 bits per heavy atom. The largest absolute Gasteiger partial charge is 0.370 e. The Hall–Kier alpha value is -1.20. The fourth-order valence-corrected chi connectivity index (χ4v) is 2.89. The molecule has 1 aliphatic rings. The highest BCUT2D eigenvalue weighted by Gasteiger charge is 2.26. The lowest BCUT2D eigenvalue weighted by Gasteiger charge is -2.36. The Bertz CT molecular complexity index is 545. The fourth-order valence-electron chi connectivity index (χ4n) is 2.67. The molecule has 2 rings (SSSR count). The Morgan fingerprint density at radius 2 is 2.17 bits per heavy atom. The third-order valence-corrected chi connectivity index (χ3v) is 5.59. The second-order valence-corrected chi connectivity index (χ2v) is 8.04. The number of ether oxygens (including phenoxy) is 1. The van der Waals surface area contributed by atoms with Gasteiger partial charge in [-0.05, 0) is 38.2 Å². The van der Waals surface area contributed by atoms with Gasteiger partial charge in [0.25, 0.3) is 0 Å². The molecule has 0 amide bonds. The minimum absolute atomic E-state index is 0.108. The number of aryl methyl sites for hydroxylation is 1. The number of nitrogens with one attached hydrogen (secondary N) is 1. The molecule has 1 unspecified atom stereocenters. The summed E-state index contributed by atoms with van der Waals surface area (Å²) in [6, 6.07) is 8.46. The van der Waals surface area contributed by atoms with E-state index in [2.05, 4.69) is 66.5 Å². The molecule has 1 aliphatic heterocycles. The summed E-state index contributed by atoms with van der Waals surface area (Å²) in [4.78, 5) is 6.77.